The molecular formula is C5H8F2N2O. The highest BCUT2D eigenvalue weighted by Gasteiger charge is 2.47. The van der Waals surface area contributed by atoms with Crippen LogP contribution in [-0.2, 0) is 4.79 Å². The first kappa shape index (κ1) is 7.40. The molecule has 10 heavy (non-hydrogen) atoms. The first-order valence-corrected chi connectivity index (χ1v) is 2.99. The van der Waals surface area contributed by atoms with Crippen molar-refractivity contribution in [3.8, 4) is 0 Å². The third-order valence-corrected chi connectivity index (χ3v) is 1.62. The zero-order valence-electron chi connectivity index (χ0n) is 5.31. The quantitative estimate of drug-likeness (QED) is 0.426. The molecule has 0 aromatic rings. The molecule has 0 saturated carbocycles. The molecule has 2 N–H and O–H groups in total. The summed E-state index contributed by atoms with van der Waals surface area (Å²) in [6.07, 6.45) is 0.189. The molecule has 58 valence electrons. The highest BCUT2D eigenvalue weighted by molar-refractivity contribution is 5.82. The Bertz CT molecular complexity index is 164. The van der Waals surface area contributed by atoms with Crippen LogP contribution in [-0.4, -0.2) is 23.4 Å². The topological polar surface area (TPSA) is 46.3 Å². The van der Waals surface area contributed by atoms with Crippen LogP contribution in [0, 0.1) is 0 Å². The normalized spacial score (nSPS) is 34.6. The van der Waals surface area contributed by atoms with Crippen molar-refractivity contribution in [1.29, 1.82) is 0 Å². The van der Waals surface area contributed by atoms with Gasteiger partial charge >= 0.3 is 0 Å². The molecule has 5 heteroatoms. The van der Waals surface area contributed by atoms with Gasteiger partial charge in [0.25, 0.3) is 11.7 Å². The van der Waals surface area contributed by atoms with Crippen molar-refractivity contribution >= 4 is 5.91 Å². The van der Waals surface area contributed by atoms with Gasteiger partial charge in [-0.3, -0.25) is 4.79 Å². The monoisotopic (exact) mass is 150 g/mol. The number of halogens is 2. The maximum Gasteiger partial charge on any atom is 0.272 e. The Hall–Kier alpha value is -0.710. The summed E-state index contributed by atoms with van der Waals surface area (Å²) in [5.41, 5.74) is 4.63. The molecule has 1 atom stereocenters. The van der Waals surface area contributed by atoms with Gasteiger partial charge in [0.05, 0.1) is 0 Å². The molecule has 0 spiro atoms. The third-order valence-electron chi connectivity index (χ3n) is 1.62. The Morgan fingerprint density at radius 2 is 2.30 bits per heavy atom. The summed E-state index contributed by atoms with van der Waals surface area (Å²) in [6.45, 7) is -0.0561. The number of hydrogen-bond donors (Lipinski definition) is 1. The van der Waals surface area contributed by atoms with Crippen LogP contribution >= 0.6 is 0 Å². The van der Waals surface area contributed by atoms with E-state index < -0.39 is 11.7 Å². The standard InChI is InChI=1S/C5H8F2N2O/c6-5(4(8)10)2-1-3-9(5)7/h1-3H2,(H2,8,10). The van der Waals surface area contributed by atoms with Gasteiger partial charge in [0.15, 0.2) is 0 Å². The fourth-order valence-electron chi connectivity index (χ4n) is 0.993. The molecule has 0 aromatic heterocycles. The maximum absolute atomic E-state index is 12.9. The second kappa shape index (κ2) is 2.16. The van der Waals surface area contributed by atoms with Gasteiger partial charge in [-0.1, -0.05) is 0 Å². The SMILES string of the molecule is NC(=O)C1(F)CCCN1F. The summed E-state index contributed by atoms with van der Waals surface area (Å²) in [7, 11) is 0. The molecule has 1 unspecified atom stereocenters. The van der Waals surface area contributed by atoms with E-state index >= 15 is 0 Å². The van der Waals surface area contributed by atoms with E-state index in [4.69, 9.17) is 0 Å². The maximum atomic E-state index is 12.9. The van der Waals surface area contributed by atoms with Crippen LogP contribution in [0.15, 0.2) is 0 Å². The van der Waals surface area contributed by atoms with Crippen molar-refractivity contribution in [2.75, 3.05) is 6.54 Å². The van der Waals surface area contributed by atoms with Crippen LogP contribution in [0.2, 0.25) is 0 Å². The van der Waals surface area contributed by atoms with Crippen molar-refractivity contribution in [2.24, 2.45) is 5.73 Å². The van der Waals surface area contributed by atoms with Gasteiger partial charge in [0.2, 0.25) is 0 Å². The molecule has 1 amide bonds. The molecule has 1 fully saturated rings. The molecule has 0 bridgehead atoms. The van der Waals surface area contributed by atoms with E-state index in [2.05, 4.69) is 5.73 Å². The summed E-state index contributed by atoms with van der Waals surface area (Å²) in [4.78, 5) is 10.3. The lowest BCUT2D eigenvalue weighted by Crippen LogP contribution is -2.46. The molecule has 0 radical (unpaired) electrons. The van der Waals surface area contributed by atoms with E-state index in [1.165, 1.54) is 0 Å². The second-order valence-electron chi connectivity index (χ2n) is 2.31. The predicted octanol–water partition coefficient (Wildman–Crippen LogP) is 0.118. The zero-order chi connectivity index (χ0) is 7.78. The van der Waals surface area contributed by atoms with Gasteiger partial charge in [0, 0.05) is 13.0 Å². The molecule has 0 aromatic carbocycles. The van der Waals surface area contributed by atoms with E-state index in [0.29, 0.717) is 6.42 Å². The van der Waals surface area contributed by atoms with Crippen LogP contribution < -0.4 is 5.73 Å². The Morgan fingerprint density at radius 3 is 2.50 bits per heavy atom. The average Bonchev–Trinajstić information content (AvgIpc) is 2.15. The number of nitrogens with two attached hydrogens (primary N) is 1. The number of rotatable bonds is 1. The number of carbonyl (C=O) groups is 1. The van der Waals surface area contributed by atoms with E-state index in [1.54, 1.807) is 0 Å². The van der Waals surface area contributed by atoms with Crippen LogP contribution in [0.4, 0.5) is 8.87 Å². The summed E-state index contributed by atoms with van der Waals surface area (Å²) in [5, 5.41) is -0.144. The van der Waals surface area contributed by atoms with Gasteiger partial charge in [-0.05, 0) is 6.42 Å². The number of carbonyl (C=O) groups excluding carboxylic acids is 1. The fourth-order valence-corrected chi connectivity index (χ4v) is 0.993. The Kier molecular flexibility index (Phi) is 1.60. The minimum Gasteiger partial charge on any atom is -0.366 e. The molecule has 1 saturated heterocycles. The first-order chi connectivity index (χ1) is 4.57. The zero-order valence-corrected chi connectivity index (χ0v) is 5.31. The van der Waals surface area contributed by atoms with E-state index in [9.17, 15) is 13.7 Å². The lowest BCUT2D eigenvalue weighted by molar-refractivity contribution is -0.163. The number of nitrogens with zero attached hydrogens (tertiary/aromatic N) is 1. The summed E-state index contributed by atoms with van der Waals surface area (Å²) < 4.78 is 25.3. The number of hydrogen-bond acceptors (Lipinski definition) is 2. The van der Waals surface area contributed by atoms with E-state index in [1.807, 2.05) is 0 Å². The van der Waals surface area contributed by atoms with Crippen molar-refractivity contribution in [3.63, 3.8) is 0 Å². The molecule has 1 aliphatic heterocycles. The summed E-state index contributed by atoms with van der Waals surface area (Å²) >= 11 is 0. The smallest absolute Gasteiger partial charge is 0.272 e. The van der Waals surface area contributed by atoms with Crippen LogP contribution in [0.3, 0.4) is 0 Å². The lowest BCUT2D eigenvalue weighted by atomic mass is 10.2. The second-order valence-corrected chi connectivity index (χ2v) is 2.31. The third kappa shape index (κ3) is 0.862. The van der Waals surface area contributed by atoms with Crippen molar-refractivity contribution in [2.45, 2.75) is 18.6 Å². The van der Waals surface area contributed by atoms with Crippen molar-refractivity contribution < 1.29 is 13.7 Å². The van der Waals surface area contributed by atoms with Crippen molar-refractivity contribution in [1.82, 2.24) is 5.12 Å². The molecular weight excluding hydrogens is 142 g/mol. The number of primary amides is 1. The van der Waals surface area contributed by atoms with Crippen LogP contribution in [0.5, 0.6) is 0 Å². The van der Waals surface area contributed by atoms with Gasteiger partial charge in [-0.25, -0.2) is 4.39 Å². The molecule has 0 aliphatic carbocycles. The van der Waals surface area contributed by atoms with Gasteiger partial charge in [-0.2, -0.15) is 0 Å². The lowest BCUT2D eigenvalue weighted by Gasteiger charge is -2.18. The highest BCUT2D eigenvalue weighted by atomic mass is 19.2. The predicted molar refractivity (Wildman–Crippen MR) is 30.1 cm³/mol. The number of alkyl halides is 1. The average molecular weight is 150 g/mol. The van der Waals surface area contributed by atoms with Crippen molar-refractivity contribution in [3.05, 3.63) is 0 Å². The first-order valence-electron chi connectivity index (χ1n) is 2.99. The molecule has 1 heterocycles. The molecule has 1 rings (SSSR count). The van der Waals surface area contributed by atoms with Gasteiger partial charge < -0.3 is 5.73 Å². The largest absolute Gasteiger partial charge is 0.366 e. The Balaban J connectivity index is 2.75. The highest BCUT2D eigenvalue weighted by Crippen LogP contribution is 2.30. The Morgan fingerprint density at radius 1 is 1.70 bits per heavy atom. The van der Waals surface area contributed by atoms with Gasteiger partial charge in [-0.15, -0.1) is 9.60 Å². The molecule has 3 nitrogen and oxygen atoms in total. The van der Waals surface area contributed by atoms with Crippen LogP contribution in [0.25, 0.3) is 0 Å². The minimum atomic E-state index is -2.54. The summed E-state index contributed by atoms with van der Waals surface area (Å²) in [6, 6.07) is 0. The van der Waals surface area contributed by atoms with E-state index in [0.717, 1.165) is 0 Å². The van der Waals surface area contributed by atoms with Gasteiger partial charge in [0.1, 0.15) is 0 Å². The Labute approximate surface area is 56.7 Å². The summed E-state index contributed by atoms with van der Waals surface area (Å²) in [5.74, 6) is -3.78. The minimum absolute atomic E-state index is 0.0561. The number of amides is 1. The van der Waals surface area contributed by atoms with Crippen LogP contribution in [0.1, 0.15) is 12.8 Å². The van der Waals surface area contributed by atoms with E-state index in [-0.39, 0.29) is 18.1 Å². The fraction of sp³-hybridized carbons (Fsp3) is 0.800. The molecule has 1 aliphatic rings.